The maximum atomic E-state index is 9.33. The highest BCUT2D eigenvalue weighted by atomic mass is 16.3. The van der Waals surface area contributed by atoms with Gasteiger partial charge in [-0.1, -0.05) is 11.5 Å². The highest BCUT2D eigenvalue weighted by Crippen LogP contribution is 1.88. The van der Waals surface area contributed by atoms with E-state index >= 15 is 0 Å². The van der Waals surface area contributed by atoms with Crippen molar-refractivity contribution in [2.24, 2.45) is 5.73 Å². The molecule has 24 heavy (non-hydrogen) atoms. The first-order valence-electron chi connectivity index (χ1n) is 6.48. The van der Waals surface area contributed by atoms with Gasteiger partial charge >= 0.3 is 0 Å². The Kier molecular flexibility index (Phi) is 12.7. The van der Waals surface area contributed by atoms with Gasteiger partial charge in [0.1, 0.15) is 0 Å². The summed E-state index contributed by atoms with van der Waals surface area (Å²) < 4.78 is 0. The zero-order valence-electron chi connectivity index (χ0n) is 13.0. The lowest BCUT2D eigenvalue weighted by molar-refractivity contribution is 0.198. The van der Waals surface area contributed by atoms with Gasteiger partial charge in [-0.2, -0.15) is 0 Å². The van der Waals surface area contributed by atoms with Gasteiger partial charge in [-0.25, -0.2) is 0 Å². The zero-order valence-corrected chi connectivity index (χ0v) is 13.0. The van der Waals surface area contributed by atoms with Crippen molar-refractivity contribution in [2.75, 3.05) is 0 Å². The van der Waals surface area contributed by atoms with Crippen LogP contribution >= 0.6 is 0 Å². The second-order valence-electron chi connectivity index (χ2n) is 3.71. The van der Waals surface area contributed by atoms with Crippen LogP contribution in [0, 0.1) is 0 Å². The van der Waals surface area contributed by atoms with Crippen LogP contribution in [0.1, 0.15) is 6.92 Å². The summed E-state index contributed by atoms with van der Waals surface area (Å²) in [4.78, 5) is 0. The van der Waals surface area contributed by atoms with Crippen LogP contribution < -0.4 is 5.73 Å². The topological polar surface area (TPSA) is 46.2 Å². The van der Waals surface area contributed by atoms with Crippen LogP contribution in [0.4, 0.5) is 0 Å². The van der Waals surface area contributed by atoms with Crippen molar-refractivity contribution >= 4 is 0 Å². The van der Waals surface area contributed by atoms with Crippen LogP contribution in [0.3, 0.4) is 0 Å². The molecule has 0 aromatic heterocycles. The van der Waals surface area contributed by atoms with Gasteiger partial charge < -0.3 is 10.8 Å². The third kappa shape index (κ3) is 14.3. The fourth-order valence-electron chi connectivity index (χ4n) is 0.765. The first kappa shape index (κ1) is 19.9. The molecule has 0 rings (SSSR count). The van der Waals surface area contributed by atoms with Crippen molar-refractivity contribution in [3.8, 4) is 0 Å². The van der Waals surface area contributed by atoms with Crippen molar-refractivity contribution in [3.63, 3.8) is 0 Å². The molecule has 3 N–H and O–H groups in total. The van der Waals surface area contributed by atoms with Crippen molar-refractivity contribution in [2.45, 2.75) is 19.1 Å². The first-order chi connectivity index (χ1) is 11.7. The molecule has 0 aromatic carbocycles. The third-order valence-corrected chi connectivity index (χ3v) is 1.83. The average Bonchev–Trinajstić information content (AvgIpc) is 2.57. The molecule has 0 saturated heterocycles. The fraction of sp³-hybridized carbons (Fsp3) is 0.136. The molecule has 0 aliphatic heterocycles. The summed E-state index contributed by atoms with van der Waals surface area (Å²) in [5.74, 6) is 0. The van der Waals surface area contributed by atoms with Gasteiger partial charge in [-0.05, 0) is 106 Å². The minimum atomic E-state index is -0.775. The summed E-state index contributed by atoms with van der Waals surface area (Å²) in [6.07, 6.45) is 0.598. The van der Waals surface area contributed by atoms with Crippen LogP contribution in [-0.2, 0) is 0 Å². The van der Waals surface area contributed by atoms with Gasteiger partial charge in [-0.3, -0.25) is 0 Å². The number of aliphatic hydroxyl groups is 1. The molecule has 0 aliphatic carbocycles. The summed E-state index contributed by atoms with van der Waals surface area (Å²) in [5.41, 5.74) is 47.6. The molecule has 0 unspecified atom stereocenters. The van der Waals surface area contributed by atoms with Gasteiger partial charge in [0.05, 0.1) is 6.10 Å². The number of aliphatic hydroxyl groups excluding tert-OH is 1. The van der Waals surface area contributed by atoms with E-state index in [0.29, 0.717) is 0 Å². The van der Waals surface area contributed by atoms with Crippen molar-refractivity contribution in [1.29, 1.82) is 0 Å². The highest BCUT2D eigenvalue weighted by Gasteiger charge is 2.02. The van der Waals surface area contributed by atoms with E-state index in [-0.39, 0.29) is 6.04 Å². The second kappa shape index (κ2) is 15.3. The highest BCUT2D eigenvalue weighted by molar-refractivity contribution is 4.95. The number of nitrogens with two attached hydrogens (primary N) is 1. The summed E-state index contributed by atoms with van der Waals surface area (Å²) in [6, 6.07) is -0.371. The van der Waals surface area contributed by atoms with E-state index in [2.05, 4.69) is 104 Å². The summed E-state index contributed by atoms with van der Waals surface area (Å²) in [5, 5.41) is 9.33. The third-order valence-electron chi connectivity index (χ3n) is 1.83. The van der Waals surface area contributed by atoms with Crippen molar-refractivity contribution in [1.82, 2.24) is 0 Å². The van der Waals surface area contributed by atoms with E-state index in [1.807, 2.05) is 0 Å². The molecule has 0 saturated carbocycles. The standard InChI is InChI=1S/C22H11NO/c1-3-4-5-6-7-8-9-10-11-12-13-14-15-16-17-18-19-20-22(24)21(2)23/h20-22,24H,1,23H2,2H3/t21-,22-/m0/s1. The Morgan fingerprint density at radius 3 is 1.38 bits per heavy atom. The van der Waals surface area contributed by atoms with Crippen molar-refractivity contribution < 1.29 is 5.11 Å². The normalized spacial score (nSPS) is 8.12. The average molecular weight is 305 g/mol. The Balaban J connectivity index is 5.58. The Morgan fingerprint density at radius 2 is 1.04 bits per heavy atom. The lowest BCUT2D eigenvalue weighted by Crippen LogP contribution is -2.29. The predicted molar refractivity (Wildman–Crippen MR) is 89.6 cm³/mol. The van der Waals surface area contributed by atoms with E-state index in [9.17, 15) is 5.11 Å². The van der Waals surface area contributed by atoms with Gasteiger partial charge in [-0.15, -0.1) is 0 Å². The molecular weight excluding hydrogens is 294 g/mol. The van der Waals surface area contributed by atoms with E-state index in [1.165, 1.54) is 6.08 Å². The molecule has 0 spiro atoms. The monoisotopic (exact) mass is 305 g/mol. The molecule has 0 radical (unpaired) electrons. The fourth-order valence-corrected chi connectivity index (χ4v) is 0.765. The molecule has 110 valence electrons. The summed E-state index contributed by atoms with van der Waals surface area (Å²) in [6.45, 7) is 4.98. The molecule has 0 heterocycles. The Labute approximate surface area is 140 Å². The van der Waals surface area contributed by atoms with E-state index in [4.69, 9.17) is 5.73 Å². The number of hydrogen-bond acceptors (Lipinski definition) is 2. The molecule has 0 bridgehead atoms. The molecule has 0 fully saturated rings. The zero-order chi connectivity index (χ0) is 17.9. The minimum absolute atomic E-state index is 0.371. The molecule has 2 heteroatoms. The minimum Gasteiger partial charge on any atom is -0.387 e. The Bertz CT molecular complexity index is 1100. The van der Waals surface area contributed by atoms with Crippen LogP contribution in [0.2, 0.25) is 0 Å². The van der Waals surface area contributed by atoms with E-state index < -0.39 is 6.10 Å². The van der Waals surface area contributed by atoms with Crippen LogP contribution in [0.5, 0.6) is 0 Å². The van der Waals surface area contributed by atoms with Gasteiger partial charge in [0.25, 0.3) is 0 Å². The molecule has 2 atom stereocenters. The SMILES string of the molecule is C=C=C=C=C=C=C=C=C=C=C=C=C=C=C=C=C=C=C[C@H](O)[C@H](C)N. The summed E-state index contributed by atoms with van der Waals surface area (Å²) in [7, 11) is 0. The first-order valence-corrected chi connectivity index (χ1v) is 6.48. The maximum absolute atomic E-state index is 9.33. The van der Waals surface area contributed by atoms with Gasteiger partial charge in [0.15, 0.2) is 0 Å². The van der Waals surface area contributed by atoms with E-state index in [0.717, 1.165) is 0 Å². The number of hydrogen-bond donors (Lipinski definition) is 2. The van der Waals surface area contributed by atoms with Crippen LogP contribution in [-0.4, -0.2) is 17.3 Å². The quantitative estimate of drug-likeness (QED) is 0.770. The predicted octanol–water partition coefficient (Wildman–Crippen LogP) is 2.52. The molecule has 0 aliphatic rings. The molecule has 0 aromatic rings. The largest absolute Gasteiger partial charge is 0.387 e. The van der Waals surface area contributed by atoms with Crippen LogP contribution in [0.25, 0.3) is 0 Å². The lowest BCUT2D eigenvalue weighted by atomic mass is 10.2. The maximum Gasteiger partial charge on any atom is 0.0949 e. The van der Waals surface area contributed by atoms with Crippen molar-refractivity contribution in [3.05, 3.63) is 110 Å². The Morgan fingerprint density at radius 1 is 0.708 bits per heavy atom. The molecule has 2 nitrogen and oxygen atoms in total. The lowest BCUT2D eigenvalue weighted by Gasteiger charge is -2.06. The van der Waals surface area contributed by atoms with Gasteiger partial charge in [0, 0.05) is 6.04 Å². The molecular formula is C22H11NO. The number of rotatable bonds is 2. The summed E-state index contributed by atoms with van der Waals surface area (Å²) >= 11 is 0. The Hall–Kier alpha value is -4.08. The van der Waals surface area contributed by atoms with Crippen LogP contribution in [0.15, 0.2) is 110 Å². The second-order valence-corrected chi connectivity index (χ2v) is 3.71. The van der Waals surface area contributed by atoms with E-state index in [1.54, 1.807) is 6.92 Å². The smallest absolute Gasteiger partial charge is 0.0949 e. The molecule has 0 amide bonds. The van der Waals surface area contributed by atoms with Gasteiger partial charge in [0.2, 0.25) is 0 Å².